The molecule has 0 heterocycles. The van der Waals surface area contributed by atoms with Gasteiger partial charge in [0.15, 0.2) is 0 Å². The summed E-state index contributed by atoms with van der Waals surface area (Å²) in [6.45, 7) is 10.1. The molecular weight excluding hydrogens is 366 g/mol. The fourth-order valence-electron chi connectivity index (χ4n) is 2.77. The fraction of sp³-hybridized carbons (Fsp3) is 0.391. The molecule has 6 heteroatoms. The van der Waals surface area contributed by atoms with Crippen molar-refractivity contribution in [3.05, 3.63) is 54.1 Å². The van der Waals surface area contributed by atoms with Crippen LogP contribution < -0.4 is 15.4 Å². The van der Waals surface area contributed by atoms with E-state index in [2.05, 4.69) is 24.5 Å². The zero-order chi connectivity index (χ0) is 21.2. The molecule has 0 aliphatic heterocycles. The average Bonchev–Trinajstić information content (AvgIpc) is 2.72. The number of nitrogens with zero attached hydrogens (tertiary/aromatic N) is 1. The van der Waals surface area contributed by atoms with Gasteiger partial charge in [-0.25, -0.2) is 0 Å². The second-order valence-corrected chi connectivity index (χ2v) is 7.16. The Morgan fingerprint density at radius 1 is 1.00 bits per heavy atom. The highest BCUT2D eigenvalue weighted by Crippen LogP contribution is 2.24. The topological polar surface area (TPSA) is 70.7 Å². The van der Waals surface area contributed by atoms with Crippen LogP contribution in [-0.4, -0.2) is 43.0 Å². The Balaban J connectivity index is 1.91. The molecule has 0 radical (unpaired) electrons. The predicted molar refractivity (Wildman–Crippen MR) is 118 cm³/mol. The third-order valence-electron chi connectivity index (χ3n) is 4.36. The molecule has 0 saturated carbocycles. The first-order chi connectivity index (χ1) is 13.9. The Hall–Kier alpha value is -3.02. The van der Waals surface area contributed by atoms with Crippen LogP contribution >= 0.6 is 0 Å². The van der Waals surface area contributed by atoms with E-state index in [4.69, 9.17) is 4.74 Å². The SMILES string of the molecule is CCN(CC)C(=O)c1ccc(NC(=O)CNc2ccccc2OCC(C)C)cc1. The average molecular weight is 398 g/mol. The van der Waals surface area contributed by atoms with Crippen LogP contribution in [0, 0.1) is 5.92 Å². The van der Waals surface area contributed by atoms with Gasteiger partial charge in [-0.2, -0.15) is 0 Å². The summed E-state index contributed by atoms with van der Waals surface area (Å²) in [4.78, 5) is 26.4. The van der Waals surface area contributed by atoms with Crippen molar-refractivity contribution in [3.8, 4) is 5.75 Å². The summed E-state index contributed by atoms with van der Waals surface area (Å²) < 4.78 is 5.79. The number of nitrogens with one attached hydrogen (secondary N) is 2. The Morgan fingerprint density at radius 3 is 2.28 bits per heavy atom. The van der Waals surface area contributed by atoms with E-state index < -0.39 is 0 Å². The summed E-state index contributed by atoms with van der Waals surface area (Å²) in [6.07, 6.45) is 0. The molecule has 2 rings (SSSR count). The van der Waals surface area contributed by atoms with Crippen molar-refractivity contribution >= 4 is 23.2 Å². The zero-order valence-corrected chi connectivity index (χ0v) is 17.7. The van der Waals surface area contributed by atoms with Gasteiger partial charge in [0.2, 0.25) is 5.91 Å². The van der Waals surface area contributed by atoms with E-state index in [1.165, 1.54) is 0 Å². The number of rotatable bonds is 10. The second kappa shape index (κ2) is 11.1. The van der Waals surface area contributed by atoms with Crippen molar-refractivity contribution in [2.45, 2.75) is 27.7 Å². The van der Waals surface area contributed by atoms with E-state index in [-0.39, 0.29) is 18.4 Å². The van der Waals surface area contributed by atoms with Gasteiger partial charge in [0.1, 0.15) is 5.75 Å². The van der Waals surface area contributed by atoms with E-state index in [9.17, 15) is 9.59 Å². The second-order valence-electron chi connectivity index (χ2n) is 7.16. The standard InChI is InChI=1S/C23H31N3O3/c1-5-26(6-2)23(28)18-11-13-19(14-12-18)25-22(27)15-24-20-9-7-8-10-21(20)29-16-17(3)4/h7-14,17,24H,5-6,15-16H2,1-4H3,(H,25,27). The number of hydrogen-bond acceptors (Lipinski definition) is 4. The van der Waals surface area contributed by atoms with Crippen molar-refractivity contribution in [2.24, 2.45) is 5.92 Å². The minimum Gasteiger partial charge on any atom is -0.491 e. The minimum absolute atomic E-state index is 0.00690. The van der Waals surface area contributed by atoms with Crippen molar-refractivity contribution < 1.29 is 14.3 Å². The maximum absolute atomic E-state index is 12.3. The minimum atomic E-state index is -0.175. The van der Waals surface area contributed by atoms with Crippen LogP contribution in [0.5, 0.6) is 5.75 Å². The van der Waals surface area contributed by atoms with Gasteiger partial charge in [-0.15, -0.1) is 0 Å². The van der Waals surface area contributed by atoms with Crippen LogP contribution in [0.1, 0.15) is 38.1 Å². The molecule has 29 heavy (non-hydrogen) atoms. The van der Waals surface area contributed by atoms with E-state index in [0.717, 1.165) is 11.4 Å². The lowest BCUT2D eigenvalue weighted by Crippen LogP contribution is -2.30. The molecule has 0 spiro atoms. The lowest BCUT2D eigenvalue weighted by molar-refractivity contribution is -0.114. The van der Waals surface area contributed by atoms with Crippen LogP contribution in [0.25, 0.3) is 0 Å². The molecule has 0 aliphatic carbocycles. The molecule has 2 N–H and O–H groups in total. The molecule has 2 aromatic rings. The molecule has 0 fully saturated rings. The van der Waals surface area contributed by atoms with Crippen LogP contribution in [0.3, 0.4) is 0 Å². The number of ether oxygens (including phenoxy) is 1. The molecule has 0 aliphatic rings. The first kappa shape index (κ1) is 22.3. The van der Waals surface area contributed by atoms with Gasteiger partial charge >= 0.3 is 0 Å². The maximum atomic E-state index is 12.3. The van der Waals surface area contributed by atoms with E-state index in [1.807, 2.05) is 38.1 Å². The zero-order valence-electron chi connectivity index (χ0n) is 17.7. The van der Waals surface area contributed by atoms with Crippen molar-refractivity contribution in [1.82, 2.24) is 4.90 Å². The Kier molecular flexibility index (Phi) is 8.52. The lowest BCUT2D eigenvalue weighted by atomic mass is 10.1. The van der Waals surface area contributed by atoms with Crippen LogP contribution in [0.15, 0.2) is 48.5 Å². The molecule has 0 atom stereocenters. The van der Waals surface area contributed by atoms with Crippen molar-refractivity contribution in [2.75, 3.05) is 36.9 Å². The summed E-state index contributed by atoms with van der Waals surface area (Å²) in [5.74, 6) is 0.968. The summed E-state index contributed by atoms with van der Waals surface area (Å²) in [5, 5.41) is 5.96. The Bertz CT molecular complexity index is 799. The molecule has 0 bridgehead atoms. The summed E-state index contributed by atoms with van der Waals surface area (Å²) in [5.41, 5.74) is 2.04. The molecular formula is C23H31N3O3. The smallest absolute Gasteiger partial charge is 0.253 e. The first-order valence-corrected chi connectivity index (χ1v) is 10.1. The molecule has 0 unspecified atom stereocenters. The highest BCUT2D eigenvalue weighted by atomic mass is 16.5. The largest absolute Gasteiger partial charge is 0.491 e. The number of amides is 2. The predicted octanol–water partition coefficient (Wildman–Crippen LogP) is 4.25. The van der Waals surface area contributed by atoms with Gasteiger partial charge in [0.05, 0.1) is 18.8 Å². The summed E-state index contributed by atoms with van der Waals surface area (Å²) >= 11 is 0. The van der Waals surface area contributed by atoms with Crippen molar-refractivity contribution in [1.29, 1.82) is 0 Å². The summed E-state index contributed by atoms with van der Waals surface area (Å²) in [7, 11) is 0. The first-order valence-electron chi connectivity index (χ1n) is 10.1. The van der Waals surface area contributed by atoms with Crippen LogP contribution in [-0.2, 0) is 4.79 Å². The van der Waals surface area contributed by atoms with Gasteiger partial charge < -0.3 is 20.3 Å². The number of para-hydroxylation sites is 2. The Morgan fingerprint density at radius 2 is 1.66 bits per heavy atom. The molecule has 0 aromatic heterocycles. The third kappa shape index (κ3) is 6.82. The number of carbonyl (C=O) groups is 2. The highest BCUT2D eigenvalue weighted by molar-refractivity contribution is 5.96. The quantitative estimate of drug-likeness (QED) is 0.629. The molecule has 2 aromatic carbocycles. The summed E-state index contributed by atoms with van der Waals surface area (Å²) in [6, 6.07) is 14.5. The number of benzene rings is 2. The van der Waals surface area contributed by atoms with Gasteiger partial charge in [-0.05, 0) is 56.2 Å². The molecule has 2 amide bonds. The van der Waals surface area contributed by atoms with Crippen LogP contribution in [0.4, 0.5) is 11.4 Å². The maximum Gasteiger partial charge on any atom is 0.253 e. The van der Waals surface area contributed by atoms with Crippen molar-refractivity contribution in [3.63, 3.8) is 0 Å². The number of anilines is 2. The number of hydrogen-bond donors (Lipinski definition) is 2. The van der Waals surface area contributed by atoms with Gasteiger partial charge in [-0.3, -0.25) is 9.59 Å². The van der Waals surface area contributed by atoms with E-state index in [1.54, 1.807) is 29.2 Å². The van der Waals surface area contributed by atoms with Gasteiger partial charge in [-0.1, -0.05) is 26.0 Å². The fourth-order valence-corrected chi connectivity index (χ4v) is 2.77. The lowest BCUT2D eigenvalue weighted by Gasteiger charge is -2.18. The Labute approximate surface area is 173 Å². The third-order valence-corrected chi connectivity index (χ3v) is 4.36. The monoisotopic (exact) mass is 397 g/mol. The molecule has 6 nitrogen and oxygen atoms in total. The van der Waals surface area contributed by atoms with Crippen LogP contribution in [0.2, 0.25) is 0 Å². The number of carbonyl (C=O) groups excluding carboxylic acids is 2. The van der Waals surface area contributed by atoms with E-state index >= 15 is 0 Å². The highest BCUT2D eigenvalue weighted by Gasteiger charge is 2.12. The van der Waals surface area contributed by atoms with E-state index in [0.29, 0.717) is 36.9 Å². The van der Waals surface area contributed by atoms with Gasteiger partial charge in [0, 0.05) is 24.3 Å². The molecule has 156 valence electrons. The normalized spacial score (nSPS) is 10.5. The molecule has 0 saturated heterocycles. The van der Waals surface area contributed by atoms with Gasteiger partial charge in [0.25, 0.3) is 5.91 Å².